The quantitative estimate of drug-likeness (QED) is 0.799. The maximum atomic E-state index is 12.6. The summed E-state index contributed by atoms with van der Waals surface area (Å²) in [6.45, 7) is 5.01. The minimum absolute atomic E-state index is 0. The number of nitrogens with one attached hydrogen (secondary N) is 1. The maximum absolute atomic E-state index is 12.6. The molecule has 2 fully saturated rings. The van der Waals surface area contributed by atoms with Crippen molar-refractivity contribution < 1.29 is 4.79 Å². The predicted octanol–water partition coefficient (Wildman–Crippen LogP) is 4.03. The fourth-order valence-electron chi connectivity index (χ4n) is 2.92. The second-order valence-corrected chi connectivity index (χ2v) is 8.81. The maximum Gasteiger partial charge on any atom is 0.230 e. The van der Waals surface area contributed by atoms with Crippen molar-refractivity contribution in [3.8, 4) is 0 Å². The van der Waals surface area contributed by atoms with E-state index in [2.05, 4.69) is 27.3 Å². The Morgan fingerprint density at radius 1 is 1.36 bits per heavy atom. The molecule has 1 saturated heterocycles. The zero-order valence-electron chi connectivity index (χ0n) is 12.9. The molecule has 6 heteroatoms. The van der Waals surface area contributed by atoms with Gasteiger partial charge in [-0.2, -0.15) is 0 Å². The van der Waals surface area contributed by atoms with Crippen molar-refractivity contribution in [2.45, 2.75) is 44.6 Å². The number of carbonyl (C=O) groups is 1. The number of piperidine rings is 1. The topological polar surface area (TPSA) is 32.3 Å². The Morgan fingerprint density at radius 3 is 2.59 bits per heavy atom. The predicted molar refractivity (Wildman–Crippen MR) is 98.0 cm³/mol. The Balaban J connectivity index is 0.00000176. The molecule has 0 radical (unpaired) electrons. The molecule has 1 amide bonds. The molecule has 1 atom stereocenters. The molecule has 1 aromatic rings. The molecule has 1 N–H and O–H groups in total. The van der Waals surface area contributed by atoms with Crippen LogP contribution in [0, 0.1) is 5.92 Å². The van der Waals surface area contributed by atoms with Gasteiger partial charge >= 0.3 is 0 Å². The average Bonchev–Trinajstić information content (AvgIpc) is 3.24. The molecule has 0 aromatic carbocycles. The smallest absolute Gasteiger partial charge is 0.230 e. The first-order chi connectivity index (χ1) is 10.1. The van der Waals surface area contributed by atoms with E-state index in [9.17, 15) is 4.79 Å². The van der Waals surface area contributed by atoms with Crippen LogP contribution in [0.25, 0.3) is 0 Å². The lowest BCUT2D eigenvalue weighted by Crippen LogP contribution is -2.46. The highest BCUT2D eigenvalue weighted by atomic mass is 79.9. The monoisotopic (exact) mass is 406 g/mol. The number of amides is 1. The summed E-state index contributed by atoms with van der Waals surface area (Å²) in [6.07, 6.45) is 5.00. The lowest BCUT2D eigenvalue weighted by Gasteiger charge is -2.34. The summed E-state index contributed by atoms with van der Waals surface area (Å²) in [7, 11) is 0. The van der Waals surface area contributed by atoms with Crippen molar-refractivity contribution in [3.63, 3.8) is 0 Å². The molecule has 1 aromatic heterocycles. The van der Waals surface area contributed by atoms with Gasteiger partial charge in [-0.05, 0) is 73.1 Å². The summed E-state index contributed by atoms with van der Waals surface area (Å²) in [6, 6.07) is 4.69. The van der Waals surface area contributed by atoms with Crippen molar-refractivity contribution in [2.24, 2.45) is 5.92 Å². The molecular formula is C16H24BrClN2OS. The minimum atomic E-state index is -0.0164. The molecule has 124 valence electrons. The molecule has 3 rings (SSSR count). The van der Waals surface area contributed by atoms with Gasteiger partial charge in [0.2, 0.25) is 5.91 Å². The van der Waals surface area contributed by atoms with Gasteiger partial charge in [0.25, 0.3) is 0 Å². The Kier molecular flexibility index (Phi) is 6.74. The highest BCUT2D eigenvalue weighted by Gasteiger charge is 2.28. The molecule has 1 saturated carbocycles. The summed E-state index contributed by atoms with van der Waals surface area (Å²) in [4.78, 5) is 15.8. The molecule has 1 aliphatic carbocycles. The zero-order valence-corrected chi connectivity index (χ0v) is 16.1. The summed E-state index contributed by atoms with van der Waals surface area (Å²) in [5.74, 6) is 1.20. The molecule has 2 heterocycles. The second kappa shape index (κ2) is 8.13. The highest BCUT2D eigenvalue weighted by molar-refractivity contribution is 9.11. The van der Waals surface area contributed by atoms with Crippen LogP contribution in [0.5, 0.6) is 0 Å². The summed E-state index contributed by atoms with van der Waals surface area (Å²) in [5.41, 5.74) is 0. The van der Waals surface area contributed by atoms with Crippen molar-refractivity contribution in [2.75, 3.05) is 19.6 Å². The Hall–Kier alpha value is -0.100. The Bertz CT molecular complexity index is 498. The summed E-state index contributed by atoms with van der Waals surface area (Å²) >= 11 is 5.14. The van der Waals surface area contributed by atoms with E-state index in [1.54, 1.807) is 11.3 Å². The van der Waals surface area contributed by atoms with Gasteiger partial charge in [-0.1, -0.05) is 0 Å². The van der Waals surface area contributed by atoms with E-state index < -0.39 is 0 Å². The van der Waals surface area contributed by atoms with Gasteiger partial charge in [-0.25, -0.2) is 0 Å². The van der Waals surface area contributed by atoms with Crippen LogP contribution in [-0.2, 0) is 4.79 Å². The van der Waals surface area contributed by atoms with Crippen LogP contribution in [0.2, 0.25) is 0 Å². The van der Waals surface area contributed by atoms with Gasteiger partial charge in [0.1, 0.15) is 0 Å². The van der Waals surface area contributed by atoms with Crippen molar-refractivity contribution in [1.29, 1.82) is 0 Å². The van der Waals surface area contributed by atoms with Crippen molar-refractivity contribution >= 4 is 45.6 Å². The Morgan fingerprint density at radius 2 is 2.05 bits per heavy atom. The van der Waals surface area contributed by atoms with E-state index >= 15 is 0 Å². The third kappa shape index (κ3) is 4.70. The van der Waals surface area contributed by atoms with Crippen LogP contribution >= 0.6 is 39.7 Å². The van der Waals surface area contributed by atoms with Gasteiger partial charge in [0.15, 0.2) is 0 Å². The molecule has 3 nitrogen and oxygen atoms in total. The Labute approximate surface area is 151 Å². The van der Waals surface area contributed by atoms with E-state index in [-0.39, 0.29) is 24.2 Å². The largest absolute Gasteiger partial charge is 0.342 e. The molecule has 22 heavy (non-hydrogen) atoms. The summed E-state index contributed by atoms with van der Waals surface area (Å²) < 4.78 is 1.10. The molecule has 1 unspecified atom stereocenters. The molecule has 1 aliphatic heterocycles. The first kappa shape index (κ1) is 18.2. The second-order valence-electron chi connectivity index (χ2n) is 6.31. The van der Waals surface area contributed by atoms with Crippen LogP contribution in [0.3, 0.4) is 0 Å². The first-order valence-electron chi connectivity index (χ1n) is 7.91. The number of halogens is 2. The van der Waals surface area contributed by atoms with E-state index in [4.69, 9.17) is 0 Å². The minimum Gasteiger partial charge on any atom is -0.342 e. The van der Waals surface area contributed by atoms with Crippen molar-refractivity contribution in [3.05, 3.63) is 20.8 Å². The van der Waals surface area contributed by atoms with Gasteiger partial charge in [0, 0.05) is 24.0 Å². The molecular weight excluding hydrogens is 384 g/mol. The van der Waals surface area contributed by atoms with Gasteiger partial charge in [-0.3, -0.25) is 4.79 Å². The van der Waals surface area contributed by atoms with Gasteiger partial charge < -0.3 is 10.2 Å². The average molecular weight is 408 g/mol. The molecule has 2 aliphatic rings. The lowest BCUT2D eigenvalue weighted by molar-refractivity contribution is -0.133. The van der Waals surface area contributed by atoms with Crippen LogP contribution in [0.1, 0.15) is 43.4 Å². The third-order valence-electron chi connectivity index (χ3n) is 4.59. The number of rotatable bonds is 5. The summed E-state index contributed by atoms with van der Waals surface area (Å²) in [5, 5.41) is 3.67. The number of hydrogen-bond acceptors (Lipinski definition) is 3. The standard InChI is InChI=1S/C16H23BrN2OS.ClH/c1-11(14-4-5-15(17)21-14)16(20)19-8-6-13(7-9-19)18-10-12-2-3-12;/h4-5,11-13,18H,2-3,6-10H2,1H3;1H. The molecule has 0 spiro atoms. The zero-order chi connectivity index (χ0) is 14.8. The third-order valence-corrected chi connectivity index (χ3v) is 6.40. The highest BCUT2D eigenvalue weighted by Crippen LogP contribution is 2.30. The van der Waals surface area contributed by atoms with Gasteiger partial charge in [-0.15, -0.1) is 23.7 Å². The van der Waals surface area contributed by atoms with Crippen LogP contribution in [0.4, 0.5) is 0 Å². The number of thiophene rings is 1. The van der Waals surface area contributed by atoms with Crippen LogP contribution in [-0.4, -0.2) is 36.5 Å². The van der Waals surface area contributed by atoms with Crippen LogP contribution < -0.4 is 5.32 Å². The fraction of sp³-hybridized carbons (Fsp3) is 0.688. The van der Waals surface area contributed by atoms with E-state index in [0.29, 0.717) is 6.04 Å². The SMILES string of the molecule is CC(C(=O)N1CCC(NCC2CC2)CC1)c1ccc(Br)s1.Cl. The lowest BCUT2D eigenvalue weighted by atomic mass is 10.0. The number of likely N-dealkylation sites (tertiary alicyclic amines) is 1. The fourth-order valence-corrected chi connectivity index (χ4v) is 4.38. The molecule has 0 bridgehead atoms. The van der Waals surface area contributed by atoms with E-state index in [0.717, 1.165) is 40.5 Å². The van der Waals surface area contributed by atoms with E-state index in [1.807, 2.05) is 17.9 Å². The van der Waals surface area contributed by atoms with E-state index in [1.165, 1.54) is 19.4 Å². The number of carbonyl (C=O) groups excluding carboxylic acids is 1. The number of hydrogen-bond donors (Lipinski definition) is 1. The first-order valence-corrected chi connectivity index (χ1v) is 9.52. The van der Waals surface area contributed by atoms with Crippen LogP contribution in [0.15, 0.2) is 15.9 Å². The number of nitrogens with zero attached hydrogens (tertiary/aromatic N) is 1. The van der Waals surface area contributed by atoms with Crippen molar-refractivity contribution in [1.82, 2.24) is 10.2 Å². The van der Waals surface area contributed by atoms with Gasteiger partial charge in [0.05, 0.1) is 9.70 Å². The normalized spacial score (nSPS) is 20.5.